The van der Waals surface area contributed by atoms with Crippen LogP contribution >= 0.6 is 0 Å². The third-order valence-electron chi connectivity index (χ3n) is 3.11. The van der Waals surface area contributed by atoms with Crippen molar-refractivity contribution in [1.29, 1.82) is 0 Å². The van der Waals surface area contributed by atoms with Gasteiger partial charge in [0.2, 0.25) is 0 Å². The number of hydrogen-bond acceptors (Lipinski definition) is 5. The first-order valence-corrected chi connectivity index (χ1v) is 6.01. The smallest absolute Gasteiger partial charge is 0.311 e. The summed E-state index contributed by atoms with van der Waals surface area (Å²) in [4.78, 5) is 12.3. The van der Waals surface area contributed by atoms with Crippen LogP contribution in [0.3, 0.4) is 0 Å². The lowest BCUT2D eigenvalue weighted by atomic mass is 10.1. The molecule has 0 spiro atoms. The lowest BCUT2D eigenvalue weighted by molar-refractivity contribution is -0.385. The second kappa shape index (κ2) is 5.83. The molecule has 0 amide bonds. The van der Waals surface area contributed by atoms with Crippen molar-refractivity contribution in [1.82, 2.24) is 4.90 Å². The van der Waals surface area contributed by atoms with Crippen molar-refractivity contribution in [3.05, 3.63) is 28.3 Å². The molecule has 19 heavy (non-hydrogen) atoms. The Kier molecular flexibility index (Phi) is 4.16. The normalized spacial score (nSPS) is 15.9. The van der Waals surface area contributed by atoms with E-state index in [0.717, 1.165) is 18.8 Å². The number of hydrogen-bond donors (Lipinski definition) is 1. The number of likely N-dealkylation sites (tertiary alicyclic amines) is 1. The molecule has 1 N–H and O–H groups in total. The number of nitro benzene ring substituents is 1. The van der Waals surface area contributed by atoms with Crippen molar-refractivity contribution in [2.75, 3.05) is 38.7 Å². The molecule has 1 fully saturated rings. The van der Waals surface area contributed by atoms with Crippen molar-refractivity contribution >= 4 is 11.4 Å². The van der Waals surface area contributed by atoms with E-state index in [-0.39, 0.29) is 24.2 Å². The fourth-order valence-electron chi connectivity index (χ4n) is 2.12. The van der Waals surface area contributed by atoms with Crippen LogP contribution in [0.2, 0.25) is 0 Å². The number of benzene rings is 1. The third-order valence-corrected chi connectivity index (χ3v) is 3.11. The molecule has 0 radical (unpaired) electrons. The monoisotopic (exact) mass is 269 g/mol. The number of nitrogens with one attached hydrogen (secondary N) is 1. The fourth-order valence-corrected chi connectivity index (χ4v) is 2.12. The maximum atomic E-state index is 12.1. The van der Waals surface area contributed by atoms with Gasteiger partial charge < -0.3 is 10.1 Å². The second-order valence-corrected chi connectivity index (χ2v) is 4.43. The van der Waals surface area contributed by atoms with Gasteiger partial charge in [0.05, 0.1) is 18.1 Å². The number of anilines is 1. The van der Waals surface area contributed by atoms with Gasteiger partial charge in [-0.3, -0.25) is 15.0 Å². The summed E-state index contributed by atoms with van der Waals surface area (Å²) in [6, 6.07) is 4.92. The van der Waals surface area contributed by atoms with Gasteiger partial charge in [-0.15, -0.1) is 0 Å². The lowest BCUT2D eigenvalue weighted by Crippen LogP contribution is -2.55. The van der Waals surface area contributed by atoms with Crippen molar-refractivity contribution in [3.63, 3.8) is 0 Å². The third kappa shape index (κ3) is 3.11. The van der Waals surface area contributed by atoms with Crippen LogP contribution in [0.15, 0.2) is 18.2 Å². The van der Waals surface area contributed by atoms with E-state index >= 15 is 0 Å². The zero-order chi connectivity index (χ0) is 13.8. The summed E-state index contributed by atoms with van der Waals surface area (Å²) in [7, 11) is 1.40. The largest absolute Gasteiger partial charge is 0.490 e. The predicted octanol–water partition coefficient (Wildman–Crippen LogP) is 1.67. The van der Waals surface area contributed by atoms with Crippen LogP contribution in [0, 0.1) is 10.1 Å². The Morgan fingerprint density at radius 1 is 1.58 bits per heavy atom. The van der Waals surface area contributed by atoms with Crippen molar-refractivity contribution in [2.45, 2.75) is 6.04 Å². The average molecular weight is 269 g/mol. The number of rotatable bonds is 6. The van der Waals surface area contributed by atoms with E-state index < -0.39 is 4.92 Å². The maximum absolute atomic E-state index is 12.1. The summed E-state index contributed by atoms with van der Waals surface area (Å²) < 4.78 is 17.1. The van der Waals surface area contributed by atoms with Crippen molar-refractivity contribution in [2.24, 2.45) is 0 Å². The fraction of sp³-hybridized carbons (Fsp3) is 0.500. The van der Waals surface area contributed by atoms with Crippen LogP contribution in [0.1, 0.15) is 0 Å². The summed E-state index contributed by atoms with van der Waals surface area (Å²) in [5, 5.41) is 14.0. The predicted molar refractivity (Wildman–Crippen MR) is 69.5 cm³/mol. The van der Waals surface area contributed by atoms with E-state index in [2.05, 4.69) is 5.32 Å². The zero-order valence-corrected chi connectivity index (χ0v) is 10.6. The molecule has 0 aromatic heterocycles. The summed E-state index contributed by atoms with van der Waals surface area (Å²) in [5.74, 6) is 0.231. The van der Waals surface area contributed by atoms with Gasteiger partial charge in [0.25, 0.3) is 0 Å². The molecule has 0 atom stereocenters. The molecule has 0 unspecified atom stereocenters. The molecule has 0 aliphatic carbocycles. The number of methoxy groups -OCH3 is 1. The summed E-state index contributed by atoms with van der Waals surface area (Å²) >= 11 is 0. The second-order valence-electron chi connectivity index (χ2n) is 4.43. The molecular weight excluding hydrogens is 253 g/mol. The SMILES string of the molecule is COc1cc(NC2CN(CCF)C2)ccc1[N+](=O)[O-]. The number of nitro groups is 1. The molecule has 1 aliphatic heterocycles. The quantitative estimate of drug-likeness (QED) is 0.628. The lowest BCUT2D eigenvalue weighted by Gasteiger charge is -2.39. The molecule has 2 rings (SSSR count). The van der Waals surface area contributed by atoms with Crippen LogP contribution in [0.25, 0.3) is 0 Å². The molecule has 0 bridgehead atoms. The minimum absolute atomic E-state index is 0.0549. The van der Waals surface area contributed by atoms with Crippen LogP contribution in [0.5, 0.6) is 5.75 Å². The molecule has 6 nitrogen and oxygen atoms in total. The Labute approximate surface area is 110 Å². The maximum Gasteiger partial charge on any atom is 0.311 e. The van der Waals surface area contributed by atoms with E-state index in [1.165, 1.54) is 13.2 Å². The molecule has 1 aliphatic rings. The Balaban J connectivity index is 1.97. The first-order chi connectivity index (χ1) is 9.13. The first-order valence-electron chi connectivity index (χ1n) is 6.01. The average Bonchev–Trinajstić information content (AvgIpc) is 2.35. The number of ether oxygens (including phenoxy) is 1. The van der Waals surface area contributed by atoms with Gasteiger partial charge >= 0.3 is 5.69 Å². The van der Waals surface area contributed by atoms with E-state index in [1.807, 2.05) is 4.90 Å². The van der Waals surface area contributed by atoms with Gasteiger partial charge in [-0.25, -0.2) is 4.39 Å². The zero-order valence-electron chi connectivity index (χ0n) is 10.6. The summed E-state index contributed by atoms with van der Waals surface area (Å²) in [6.07, 6.45) is 0. The molecule has 104 valence electrons. The first kappa shape index (κ1) is 13.5. The van der Waals surface area contributed by atoms with Crippen LogP contribution in [0.4, 0.5) is 15.8 Å². The highest BCUT2D eigenvalue weighted by Gasteiger charge is 2.26. The number of alkyl halides is 1. The van der Waals surface area contributed by atoms with E-state index in [9.17, 15) is 14.5 Å². The van der Waals surface area contributed by atoms with Gasteiger partial charge in [-0.2, -0.15) is 0 Å². The Morgan fingerprint density at radius 3 is 2.89 bits per heavy atom. The molecule has 7 heteroatoms. The van der Waals surface area contributed by atoms with Gasteiger partial charge in [0.1, 0.15) is 6.67 Å². The van der Waals surface area contributed by atoms with Crippen molar-refractivity contribution in [3.8, 4) is 5.75 Å². The molecular formula is C12H16FN3O3. The standard InChI is InChI=1S/C12H16FN3O3/c1-19-12-6-9(2-3-11(12)16(17)18)14-10-7-15(8-10)5-4-13/h2-3,6,10,14H,4-5,7-8H2,1H3. The highest BCUT2D eigenvalue weighted by molar-refractivity contribution is 5.58. The Morgan fingerprint density at radius 2 is 2.32 bits per heavy atom. The van der Waals surface area contributed by atoms with E-state index in [4.69, 9.17) is 4.74 Å². The Bertz CT molecular complexity index is 464. The summed E-state index contributed by atoms with van der Waals surface area (Å²) in [5.41, 5.74) is 0.716. The van der Waals surface area contributed by atoms with Crippen LogP contribution in [-0.2, 0) is 0 Å². The van der Waals surface area contributed by atoms with Crippen molar-refractivity contribution < 1.29 is 14.1 Å². The highest BCUT2D eigenvalue weighted by Crippen LogP contribution is 2.30. The minimum atomic E-state index is -0.477. The van der Waals surface area contributed by atoms with E-state index in [1.54, 1.807) is 12.1 Å². The topological polar surface area (TPSA) is 67.6 Å². The van der Waals surface area contributed by atoms with Gasteiger partial charge in [0, 0.05) is 37.5 Å². The van der Waals surface area contributed by atoms with E-state index in [0.29, 0.717) is 6.54 Å². The molecule has 1 saturated heterocycles. The highest BCUT2D eigenvalue weighted by atomic mass is 19.1. The molecule has 1 heterocycles. The Hall–Kier alpha value is -1.89. The molecule has 1 aromatic carbocycles. The van der Waals surface area contributed by atoms with Crippen LogP contribution < -0.4 is 10.1 Å². The number of nitrogens with zero attached hydrogens (tertiary/aromatic N) is 2. The molecule has 0 saturated carbocycles. The molecule has 1 aromatic rings. The van der Waals surface area contributed by atoms with Gasteiger partial charge in [0.15, 0.2) is 5.75 Å². The minimum Gasteiger partial charge on any atom is -0.490 e. The number of halogens is 1. The van der Waals surface area contributed by atoms with Gasteiger partial charge in [-0.1, -0.05) is 0 Å². The van der Waals surface area contributed by atoms with Crippen LogP contribution in [-0.4, -0.2) is 49.3 Å². The van der Waals surface area contributed by atoms with Gasteiger partial charge in [-0.05, 0) is 6.07 Å². The summed E-state index contributed by atoms with van der Waals surface area (Å²) in [6.45, 7) is 1.69.